The van der Waals surface area contributed by atoms with Gasteiger partial charge in [-0.05, 0) is 37.5 Å². The molecule has 0 aromatic carbocycles. The molecule has 0 rings (SSSR count). The molecule has 0 aromatic rings. The van der Waals surface area contributed by atoms with Crippen molar-refractivity contribution in [1.29, 1.82) is 0 Å². The molecule has 504 valence electrons. The van der Waals surface area contributed by atoms with Gasteiger partial charge >= 0.3 is 39.5 Å². The van der Waals surface area contributed by atoms with Crippen LogP contribution in [0, 0.1) is 11.8 Å². The van der Waals surface area contributed by atoms with Gasteiger partial charge in [0.15, 0.2) is 12.2 Å². The molecule has 0 spiro atoms. The van der Waals surface area contributed by atoms with E-state index in [1.54, 1.807) is 0 Å². The molecule has 5 atom stereocenters. The average molecular weight is 1260 g/mol. The molecular formula is C66H128O17P2. The van der Waals surface area contributed by atoms with Gasteiger partial charge in [0.1, 0.15) is 19.3 Å². The number of aliphatic hydroxyl groups excluding tert-OH is 1. The lowest BCUT2D eigenvalue weighted by Gasteiger charge is -2.21. The summed E-state index contributed by atoms with van der Waals surface area (Å²) in [6, 6.07) is 0. The summed E-state index contributed by atoms with van der Waals surface area (Å²) in [6.07, 6.45) is 41.9. The van der Waals surface area contributed by atoms with Crippen LogP contribution in [0.1, 0.15) is 330 Å². The first-order valence-corrected chi connectivity index (χ1v) is 37.5. The number of unbranched alkanes of at least 4 members (excludes halogenated alkanes) is 35. The molecule has 0 aliphatic rings. The highest BCUT2D eigenvalue weighted by atomic mass is 31.2. The van der Waals surface area contributed by atoms with Gasteiger partial charge in [-0.3, -0.25) is 37.3 Å². The first kappa shape index (κ1) is 83.1. The first-order valence-electron chi connectivity index (χ1n) is 34.5. The van der Waals surface area contributed by atoms with Gasteiger partial charge in [0.05, 0.1) is 26.4 Å². The monoisotopic (exact) mass is 1250 g/mol. The fourth-order valence-corrected chi connectivity index (χ4v) is 11.5. The summed E-state index contributed by atoms with van der Waals surface area (Å²) in [7, 11) is -9.89. The molecule has 0 fully saturated rings. The van der Waals surface area contributed by atoms with Crippen LogP contribution >= 0.6 is 15.6 Å². The van der Waals surface area contributed by atoms with Crippen molar-refractivity contribution in [3.63, 3.8) is 0 Å². The second-order valence-corrected chi connectivity index (χ2v) is 27.7. The smallest absolute Gasteiger partial charge is 0.462 e. The molecule has 0 saturated carbocycles. The Morgan fingerprint density at radius 3 is 0.800 bits per heavy atom. The predicted octanol–water partition coefficient (Wildman–Crippen LogP) is 18.4. The Hall–Kier alpha value is -1.94. The van der Waals surface area contributed by atoms with Gasteiger partial charge in [0, 0.05) is 25.7 Å². The Morgan fingerprint density at radius 2 is 0.541 bits per heavy atom. The van der Waals surface area contributed by atoms with Crippen molar-refractivity contribution in [3.05, 3.63) is 0 Å². The number of rotatable bonds is 65. The lowest BCUT2D eigenvalue weighted by atomic mass is 10.0. The number of aliphatic hydroxyl groups is 1. The first-order chi connectivity index (χ1) is 40.9. The number of carbonyl (C=O) groups excluding carboxylic acids is 4. The van der Waals surface area contributed by atoms with E-state index in [1.807, 2.05) is 0 Å². The third-order valence-corrected chi connectivity index (χ3v) is 17.1. The maximum atomic E-state index is 13.0. The van der Waals surface area contributed by atoms with Crippen molar-refractivity contribution in [3.8, 4) is 0 Å². The number of hydrogen-bond donors (Lipinski definition) is 3. The molecule has 2 unspecified atom stereocenters. The SMILES string of the molecule is CCCCCCCCCCCCCCCCCCC(=O)O[C@H](COC(=O)CCCCCCCCCCC(C)C)COP(=O)(O)OC[C@@H](O)COP(=O)(O)OC[C@@H](COC(=O)CCCCCCCCCCC)OC(=O)CCCCCCCCC(C)C. The van der Waals surface area contributed by atoms with Crippen LogP contribution in [0.5, 0.6) is 0 Å². The van der Waals surface area contributed by atoms with E-state index in [-0.39, 0.29) is 25.7 Å². The number of phosphoric ester groups is 2. The van der Waals surface area contributed by atoms with Crippen molar-refractivity contribution >= 4 is 39.5 Å². The summed E-state index contributed by atoms with van der Waals surface area (Å²) in [6.45, 7) is 9.37. The van der Waals surface area contributed by atoms with E-state index >= 15 is 0 Å². The molecule has 17 nitrogen and oxygen atoms in total. The number of hydrogen-bond acceptors (Lipinski definition) is 15. The predicted molar refractivity (Wildman–Crippen MR) is 340 cm³/mol. The summed E-state index contributed by atoms with van der Waals surface area (Å²) in [4.78, 5) is 72.2. The quantitative estimate of drug-likeness (QED) is 0.0222. The third-order valence-electron chi connectivity index (χ3n) is 15.2. The maximum absolute atomic E-state index is 13.0. The number of carbonyl (C=O) groups is 4. The van der Waals surface area contributed by atoms with E-state index in [0.29, 0.717) is 31.6 Å². The molecule has 0 saturated heterocycles. The van der Waals surface area contributed by atoms with E-state index in [9.17, 15) is 43.2 Å². The molecule has 0 amide bonds. The highest BCUT2D eigenvalue weighted by Gasteiger charge is 2.30. The molecule has 0 heterocycles. The Bertz CT molecular complexity index is 1670. The molecule has 0 aromatic heterocycles. The second-order valence-electron chi connectivity index (χ2n) is 24.8. The maximum Gasteiger partial charge on any atom is 0.472 e. The molecule has 85 heavy (non-hydrogen) atoms. The van der Waals surface area contributed by atoms with Crippen molar-refractivity contribution in [2.75, 3.05) is 39.6 Å². The lowest BCUT2D eigenvalue weighted by Crippen LogP contribution is -2.30. The second kappa shape index (κ2) is 58.4. The van der Waals surface area contributed by atoms with E-state index in [0.717, 1.165) is 95.8 Å². The van der Waals surface area contributed by atoms with Crippen molar-refractivity contribution in [1.82, 2.24) is 0 Å². The van der Waals surface area contributed by atoms with Crippen LogP contribution in [0.2, 0.25) is 0 Å². The molecule has 0 radical (unpaired) electrons. The molecule has 0 aliphatic heterocycles. The Kier molecular flexibility index (Phi) is 57.1. The zero-order valence-electron chi connectivity index (χ0n) is 54.9. The van der Waals surface area contributed by atoms with E-state index in [1.165, 1.54) is 148 Å². The standard InChI is InChI=1S/C66H128O17P2/c1-7-9-11-13-15-17-18-19-20-21-22-23-25-31-38-44-50-65(70)82-61(54-77-64(69)49-43-37-30-27-26-28-34-40-46-58(3)4)56-80-84(72,73)78-52-60(67)53-79-85(74,75)81-57-62(83-66(71)51-45-39-33-32-35-41-47-59(5)6)55-76-63(68)48-42-36-29-24-16-14-12-10-8-2/h58-62,67H,7-57H2,1-6H3,(H,72,73)(H,74,75)/t60-,61-,62-/m1/s1. The van der Waals surface area contributed by atoms with E-state index in [2.05, 4.69) is 41.5 Å². The van der Waals surface area contributed by atoms with Gasteiger partial charge in [-0.25, -0.2) is 9.13 Å². The van der Waals surface area contributed by atoms with Crippen molar-refractivity contribution < 1.29 is 80.2 Å². The van der Waals surface area contributed by atoms with Crippen LogP contribution in [0.3, 0.4) is 0 Å². The third kappa shape index (κ3) is 60.7. The van der Waals surface area contributed by atoms with Crippen LogP contribution < -0.4 is 0 Å². The van der Waals surface area contributed by atoms with Crippen molar-refractivity contribution in [2.45, 2.75) is 349 Å². The van der Waals surface area contributed by atoms with Crippen LogP contribution in [0.15, 0.2) is 0 Å². The number of esters is 4. The highest BCUT2D eigenvalue weighted by Crippen LogP contribution is 2.45. The highest BCUT2D eigenvalue weighted by molar-refractivity contribution is 7.47. The Labute approximate surface area is 517 Å². The Balaban J connectivity index is 5.21. The minimum Gasteiger partial charge on any atom is -0.462 e. The van der Waals surface area contributed by atoms with Gasteiger partial charge < -0.3 is 33.8 Å². The normalized spacial score (nSPS) is 14.2. The summed E-state index contributed by atoms with van der Waals surface area (Å²) >= 11 is 0. The van der Waals surface area contributed by atoms with Crippen LogP contribution in [-0.2, 0) is 65.4 Å². The number of phosphoric acid groups is 2. The lowest BCUT2D eigenvalue weighted by molar-refractivity contribution is -0.161. The number of ether oxygens (including phenoxy) is 4. The molecule has 3 N–H and O–H groups in total. The van der Waals surface area contributed by atoms with Gasteiger partial charge in [-0.15, -0.1) is 0 Å². The Morgan fingerprint density at radius 1 is 0.318 bits per heavy atom. The summed E-state index contributed by atoms with van der Waals surface area (Å²) in [5.74, 6) is -0.740. The minimum absolute atomic E-state index is 0.102. The zero-order chi connectivity index (χ0) is 62.9. The van der Waals surface area contributed by atoms with Gasteiger partial charge in [-0.2, -0.15) is 0 Å². The molecule has 0 bridgehead atoms. The summed E-state index contributed by atoms with van der Waals surface area (Å²) in [5, 5.41) is 10.5. The average Bonchev–Trinajstić information content (AvgIpc) is 3.48. The van der Waals surface area contributed by atoms with Crippen LogP contribution in [0.25, 0.3) is 0 Å². The van der Waals surface area contributed by atoms with Crippen LogP contribution in [0.4, 0.5) is 0 Å². The molecular weight excluding hydrogens is 1130 g/mol. The van der Waals surface area contributed by atoms with Gasteiger partial charge in [0.2, 0.25) is 0 Å². The van der Waals surface area contributed by atoms with Gasteiger partial charge in [-0.1, -0.05) is 279 Å². The van der Waals surface area contributed by atoms with Gasteiger partial charge in [0.25, 0.3) is 0 Å². The zero-order valence-corrected chi connectivity index (χ0v) is 56.7. The largest absolute Gasteiger partial charge is 0.472 e. The van der Waals surface area contributed by atoms with E-state index < -0.39 is 97.5 Å². The minimum atomic E-state index is -4.95. The van der Waals surface area contributed by atoms with Crippen LogP contribution in [-0.4, -0.2) is 96.7 Å². The van der Waals surface area contributed by atoms with Crippen molar-refractivity contribution in [2.24, 2.45) is 11.8 Å². The van der Waals surface area contributed by atoms with E-state index in [4.69, 9.17) is 37.0 Å². The molecule has 0 aliphatic carbocycles. The fourth-order valence-electron chi connectivity index (χ4n) is 9.88. The fraction of sp³-hybridized carbons (Fsp3) is 0.939. The molecule has 19 heteroatoms. The topological polar surface area (TPSA) is 237 Å². The summed E-state index contributed by atoms with van der Waals surface area (Å²) in [5.41, 5.74) is 0. The summed E-state index contributed by atoms with van der Waals surface area (Å²) < 4.78 is 68.0.